The van der Waals surface area contributed by atoms with Gasteiger partial charge in [-0.3, -0.25) is 0 Å². The van der Waals surface area contributed by atoms with Crippen LogP contribution in [0.2, 0.25) is 0 Å². The Morgan fingerprint density at radius 1 is 1.64 bits per heavy atom. The minimum Gasteiger partial charge on any atom is -0.347 e. The largest absolute Gasteiger partial charge is 0.347 e. The Hall–Kier alpha value is -1.13. The minimum atomic E-state index is 0.277. The summed E-state index contributed by atoms with van der Waals surface area (Å²) in [6.45, 7) is 0. The van der Waals surface area contributed by atoms with Crippen LogP contribution in [0.5, 0.6) is 0 Å². The number of nitrogens with one attached hydrogen (secondary N) is 2. The molecule has 0 aliphatic carbocycles. The highest BCUT2D eigenvalue weighted by Crippen LogP contribution is 2.16. The van der Waals surface area contributed by atoms with E-state index in [1.54, 1.807) is 17.5 Å². The van der Waals surface area contributed by atoms with Gasteiger partial charge < -0.3 is 10.3 Å². The average molecular weight is 207 g/mol. The predicted molar refractivity (Wildman–Crippen MR) is 58.4 cm³/mol. The number of rotatable bonds is 4. The molecule has 1 unspecified atom stereocenters. The van der Waals surface area contributed by atoms with E-state index >= 15 is 0 Å². The second-order valence-electron chi connectivity index (χ2n) is 3.15. The summed E-state index contributed by atoms with van der Waals surface area (Å²) in [7, 11) is 1.96. The van der Waals surface area contributed by atoms with Gasteiger partial charge in [0, 0.05) is 12.4 Å². The van der Waals surface area contributed by atoms with Crippen molar-refractivity contribution in [2.45, 2.75) is 12.5 Å². The lowest BCUT2D eigenvalue weighted by Crippen LogP contribution is -2.19. The molecule has 14 heavy (non-hydrogen) atoms. The summed E-state index contributed by atoms with van der Waals surface area (Å²) in [6.07, 6.45) is 4.62. The van der Waals surface area contributed by atoms with E-state index in [2.05, 4.69) is 32.1 Å². The number of thiophene rings is 1. The minimum absolute atomic E-state index is 0.277. The van der Waals surface area contributed by atoms with E-state index in [0.717, 1.165) is 12.2 Å². The van der Waals surface area contributed by atoms with Crippen LogP contribution in [0.1, 0.15) is 17.4 Å². The van der Waals surface area contributed by atoms with Gasteiger partial charge >= 0.3 is 0 Å². The molecule has 0 aromatic carbocycles. The molecule has 2 aromatic rings. The van der Waals surface area contributed by atoms with Crippen LogP contribution in [0.4, 0.5) is 0 Å². The van der Waals surface area contributed by atoms with E-state index in [-0.39, 0.29) is 6.04 Å². The molecule has 3 nitrogen and oxygen atoms in total. The Morgan fingerprint density at radius 2 is 2.57 bits per heavy atom. The molecule has 2 rings (SSSR count). The first-order valence-electron chi connectivity index (χ1n) is 4.58. The first-order valence-corrected chi connectivity index (χ1v) is 5.52. The Morgan fingerprint density at radius 3 is 3.14 bits per heavy atom. The fourth-order valence-electron chi connectivity index (χ4n) is 1.45. The zero-order valence-corrected chi connectivity index (χ0v) is 8.84. The molecule has 2 aromatic heterocycles. The number of likely N-dealkylation sites (N-methyl/N-ethyl adjacent to an activating group) is 1. The molecule has 2 heterocycles. The van der Waals surface area contributed by atoms with Crippen molar-refractivity contribution in [3.63, 3.8) is 0 Å². The lowest BCUT2D eigenvalue weighted by atomic mass is 10.1. The molecular weight excluding hydrogens is 194 g/mol. The molecule has 2 N–H and O–H groups in total. The summed E-state index contributed by atoms with van der Waals surface area (Å²) in [5.74, 6) is 0.999. The van der Waals surface area contributed by atoms with Crippen LogP contribution in [0.15, 0.2) is 29.2 Å². The van der Waals surface area contributed by atoms with Gasteiger partial charge in [-0.2, -0.15) is 11.3 Å². The van der Waals surface area contributed by atoms with Gasteiger partial charge in [0.15, 0.2) is 0 Å². The van der Waals surface area contributed by atoms with Gasteiger partial charge in [-0.25, -0.2) is 4.98 Å². The zero-order chi connectivity index (χ0) is 9.80. The molecule has 0 spiro atoms. The van der Waals surface area contributed by atoms with Crippen molar-refractivity contribution in [3.05, 3.63) is 40.6 Å². The van der Waals surface area contributed by atoms with Gasteiger partial charge in [0.2, 0.25) is 0 Å². The van der Waals surface area contributed by atoms with Gasteiger partial charge in [0.25, 0.3) is 0 Å². The maximum absolute atomic E-state index is 4.25. The molecular formula is C10H13N3S. The van der Waals surface area contributed by atoms with E-state index in [1.807, 2.05) is 13.2 Å². The Balaban J connectivity index is 2.08. The van der Waals surface area contributed by atoms with Gasteiger partial charge in [0.1, 0.15) is 5.82 Å². The van der Waals surface area contributed by atoms with E-state index in [4.69, 9.17) is 0 Å². The third-order valence-electron chi connectivity index (χ3n) is 2.22. The van der Waals surface area contributed by atoms with Crippen molar-refractivity contribution in [2.75, 3.05) is 7.05 Å². The number of imidazole rings is 1. The second-order valence-corrected chi connectivity index (χ2v) is 3.93. The monoisotopic (exact) mass is 207 g/mol. The summed E-state index contributed by atoms with van der Waals surface area (Å²) in [5, 5.41) is 7.53. The SMILES string of the molecule is CNC(Cc1ccsc1)c1ncc[nH]1. The maximum Gasteiger partial charge on any atom is 0.123 e. The number of hydrogen-bond acceptors (Lipinski definition) is 3. The average Bonchev–Trinajstić information content (AvgIpc) is 2.86. The number of H-pyrrole nitrogens is 1. The molecule has 4 heteroatoms. The van der Waals surface area contributed by atoms with Crippen LogP contribution in [0.3, 0.4) is 0 Å². The third kappa shape index (κ3) is 2.02. The van der Waals surface area contributed by atoms with Gasteiger partial charge in [-0.05, 0) is 35.9 Å². The van der Waals surface area contributed by atoms with Crippen LogP contribution >= 0.6 is 11.3 Å². The highest BCUT2D eigenvalue weighted by molar-refractivity contribution is 7.07. The molecule has 0 saturated carbocycles. The number of aromatic nitrogens is 2. The fraction of sp³-hybridized carbons (Fsp3) is 0.300. The Bertz CT molecular complexity index is 353. The lowest BCUT2D eigenvalue weighted by molar-refractivity contribution is 0.564. The standard InChI is InChI=1S/C10H13N3S/c1-11-9(10-12-3-4-13-10)6-8-2-5-14-7-8/h2-5,7,9,11H,6H2,1H3,(H,12,13). The summed E-state index contributed by atoms with van der Waals surface area (Å²) < 4.78 is 0. The van der Waals surface area contributed by atoms with Crippen LogP contribution in [0.25, 0.3) is 0 Å². The smallest absolute Gasteiger partial charge is 0.123 e. The van der Waals surface area contributed by atoms with E-state index in [1.165, 1.54) is 5.56 Å². The van der Waals surface area contributed by atoms with Gasteiger partial charge in [-0.15, -0.1) is 0 Å². The predicted octanol–water partition coefficient (Wildman–Crippen LogP) is 1.97. The van der Waals surface area contributed by atoms with Crippen molar-refractivity contribution >= 4 is 11.3 Å². The highest BCUT2D eigenvalue weighted by Gasteiger charge is 2.11. The second kappa shape index (κ2) is 4.39. The van der Waals surface area contributed by atoms with E-state index in [9.17, 15) is 0 Å². The van der Waals surface area contributed by atoms with Crippen molar-refractivity contribution in [1.29, 1.82) is 0 Å². The van der Waals surface area contributed by atoms with Crippen molar-refractivity contribution in [3.8, 4) is 0 Å². The normalized spacial score (nSPS) is 12.9. The van der Waals surface area contributed by atoms with Gasteiger partial charge in [0.05, 0.1) is 6.04 Å². The zero-order valence-electron chi connectivity index (χ0n) is 8.03. The number of aromatic amines is 1. The fourth-order valence-corrected chi connectivity index (χ4v) is 2.13. The summed E-state index contributed by atoms with van der Waals surface area (Å²) >= 11 is 1.73. The molecule has 0 aliphatic heterocycles. The number of nitrogens with zero attached hydrogens (tertiary/aromatic N) is 1. The summed E-state index contributed by atoms with van der Waals surface area (Å²) in [6, 6.07) is 2.43. The molecule has 0 radical (unpaired) electrons. The van der Waals surface area contributed by atoms with Crippen LogP contribution in [0, 0.1) is 0 Å². The molecule has 74 valence electrons. The Kier molecular flexibility index (Phi) is 2.96. The topological polar surface area (TPSA) is 40.7 Å². The van der Waals surface area contributed by atoms with Crippen LogP contribution < -0.4 is 5.32 Å². The first kappa shape index (κ1) is 9.43. The molecule has 0 bridgehead atoms. The molecule has 0 amide bonds. The molecule has 1 atom stereocenters. The maximum atomic E-state index is 4.25. The van der Waals surface area contributed by atoms with Gasteiger partial charge in [-0.1, -0.05) is 0 Å². The van der Waals surface area contributed by atoms with Crippen LogP contribution in [-0.4, -0.2) is 17.0 Å². The summed E-state index contributed by atoms with van der Waals surface area (Å²) in [4.78, 5) is 7.38. The quantitative estimate of drug-likeness (QED) is 0.804. The first-order chi connectivity index (χ1) is 6.90. The van der Waals surface area contributed by atoms with Crippen LogP contribution in [-0.2, 0) is 6.42 Å². The lowest BCUT2D eigenvalue weighted by Gasteiger charge is -2.12. The highest BCUT2D eigenvalue weighted by atomic mass is 32.1. The number of hydrogen-bond donors (Lipinski definition) is 2. The van der Waals surface area contributed by atoms with Crippen molar-refractivity contribution in [1.82, 2.24) is 15.3 Å². The third-order valence-corrected chi connectivity index (χ3v) is 2.95. The van der Waals surface area contributed by atoms with E-state index < -0.39 is 0 Å². The van der Waals surface area contributed by atoms with Crippen molar-refractivity contribution < 1.29 is 0 Å². The Labute approximate surface area is 87.2 Å². The van der Waals surface area contributed by atoms with Crippen molar-refractivity contribution in [2.24, 2.45) is 0 Å². The van der Waals surface area contributed by atoms with E-state index in [0.29, 0.717) is 0 Å². The molecule has 0 saturated heterocycles. The molecule has 0 fully saturated rings. The molecule has 0 aliphatic rings. The summed E-state index contributed by atoms with van der Waals surface area (Å²) in [5.41, 5.74) is 1.35.